The summed E-state index contributed by atoms with van der Waals surface area (Å²) < 4.78 is 0. The summed E-state index contributed by atoms with van der Waals surface area (Å²) in [5.41, 5.74) is 3.96. The maximum absolute atomic E-state index is 2.34. The predicted molar refractivity (Wildman–Crippen MR) is 80.3 cm³/mol. The molecule has 0 aromatic heterocycles. The highest BCUT2D eigenvalue weighted by Crippen LogP contribution is 2.38. The lowest BCUT2D eigenvalue weighted by Gasteiger charge is -2.16. The van der Waals surface area contributed by atoms with Crippen molar-refractivity contribution >= 4 is 17.3 Å². The molecule has 1 atom stereocenters. The fourth-order valence-electron chi connectivity index (χ4n) is 2.10. The zero-order valence-electron chi connectivity index (χ0n) is 9.99. The smallest absolute Gasteiger partial charge is 0.0527 e. The van der Waals surface area contributed by atoms with Crippen molar-refractivity contribution in [2.45, 2.75) is 5.25 Å². The standard InChI is InChI=1S/C17H14S/c1-3-7-14(8-4-1)16-11-12-18-17(13-16)15-9-5-2-6-10-15/h1-13,17H. The van der Waals surface area contributed by atoms with E-state index < -0.39 is 0 Å². The van der Waals surface area contributed by atoms with Crippen molar-refractivity contribution in [2.24, 2.45) is 0 Å². The Morgan fingerprint density at radius 3 is 2.17 bits per heavy atom. The average molecular weight is 250 g/mol. The monoisotopic (exact) mass is 250 g/mol. The molecular formula is C17H14S. The van der Waals surface area contributed by atoms with Gasteiger partial charge in [0.05, 0.1) is 5.25 Å². The SMILES string of the molecule is C1=CC(c2ccccc2)=CC(c2ccccc2)S1. The van der Waals surface area contributed by atoms with Crippen LogP contribution < -0.4 is 0 Å². The van der Waals surface area contributed by atoms with Crippen molar-refractivity contribution < 1.29 is 0 Å². The van der Waals surface area contributed by atoms with Crippen LogP contribution >= 0.6 is 11.8 Å². The summed E-state index contributed by atoms with van der Waals surface area (Å²) in [6.07, 6.45) is 4.54. The molecule has 1 heteroatoms. The highest BCUT2D eigenvalue weighted by Gasteiger charge is 2.12. The van der Waals surface area contributed by atoms with E-state index in [4.69, 9.17) is 0 Å². The Bertz CT molecular complexity index is 567. The van der Waals surface area contributed by atoms with E-state index in [9.17, 15) is 0 Å². The average Bonchev–Trinajstić information content (AvgIpc) is 2.49. The molecule has 0 saturated heterocycles. The molecule has 18 heavy (non-hydrogen) atoms. The molecule has 0 bridgehead atoms. The van der Waals surface area contributed by atoms with Gasteiger partial charge in [0.1, 0.15) is 0 Å². The van der Waals surface area contributed by atoms with Crippen molar-refractivity contribution in [3.05, 3.63) is 89.4 Å². The summed E-state index contributed by atoms with van der Waals surface area (Å²) in [5, 5.41) is 2.62. The maximum Gasteiger partial charge on any atom is 0.0527 e. The molecule has 0 spiro atoms. The highest BCUT2D eigenvalue weighted by molar-refractivity contribution is 8.02. The van der Waals surface area contributed by atoms with Crippen LogP contribution in [0, 0.1) is 0 Å². The van der Waals surface area contributed by atoms with Gasteiger partial charge in [-0.25, -0.2) is 0 Å². The van der Waals surface area contributed by atoms with Gasteiger partial charge in [-0.2, -0.15) is 0 Å². The van der Waals surface area contributed by atoms with E-state index in [1.54, 1.807) is 0 Å². The Labute approximate surface area is 112 Å². The molecule has 0 saturated carbocycles. The number of benzene rings is 2. The number of hydrogen-bond acceptors (Lipinski definition) is 1. The number of thioether (sulfide) groups is 1. The van der Waals surface area contributed by atoms with E-state index in [1.807, 2.05) is 11.8 Å². The summed E-state index contributed by atoms with van der Waals surface area (Å²) in [7, 11) is 0. The van der Waals surface area contributed by atoms with Crippen LogP contribution in [-0.4, -0.2) is 0 Å². The second-order valence-corrected chi connectivity index (χ2v) is 5.31. The van der Waals surface area contributed by atoms with Gasteiger partial charge >= 0.3 is 0 Å². The minimum absolute atomic E-state index is 0.423. The molecule has 3 rings (SSSR count). The summed E-state index contributed by atoms with van der Waals surface area (Å²) in [6.45, 7) is 0. The van der Waals surface area contributed by atoms with Gasteiger partial charge in [-0.3, -0.25) is 0 Å². The normalized spacial score (nSPS) is 18.4. The molecule has 1 unspecified atom stereocenters. The molecule has 0 radical (unpaired) electrons. The van der Waals surface area contributed by atoms with Crippen LogP contribution in [0.15, 0.2) is 78.2 Å². The fourth-order valence-corrected chi connectivity index (χ4v) is 3.03. The molecule has 0 nitrogen and oxygen atoms in total. The van der Waals surface area contributed by atoms with E-state index in [0.717, 1.165) is 0 Å². The molecular weight excluding hydrogens is 236 g/mol. The summed E-state index contributed by atoms with van der Waals surface area (Å²) in [4.78, 5) is 0. The van der Waals surface area contributed by atoms with Crippen LogP contribution in [0.25, 0.3) is 5.57 Å². The molecule has 1 aliphatic heterocycles. The molecule has 88 valence electrons. The summed E-state index contributed by atoms with van der Waals surface area (Å²) in [5.74, 6) is 0. The van der Waals surface area contributed by atoms with Crippen molar-refractivity contribution in [2.75, 3.05) is 0 Å². The second kappa shape index (κ2) is 5.28. The van der Waals surface area contributed by atoms with Gasteiger partial charge < -0.3 is 0 Å². The first-order valence-corrected chi connectivity index (χ1v) is 7.02. The highest BCUT2D eigenvalue weighted by atomic mass is 32.2. The first-order valence-electron chi connectivity index (χ1n) is 6.08. The van der Waals surface area contributed by atoms with E-state index in [2.05, 4.69) is 78.2 Å². The molecule has 2 aromatic rings. The van der Waals surface area contributed by atoms with Gasteiger partial charge in [-0.1, -0.05) is 66.7 Å². The lowest BCUT2D eigenvalue weighted by molar-refractivity contribution is 1.23. The van der Waals surface area contributed by atoms with E-state index in [-0.39, 0.29) is 0 Å². The molecule has 2 aromatic carbocycles. The Kier molecular flexibility index (Phi) is 3.33. The van der Waals surface area contributed by atoms with Crippen LogP contribution in [-0.2, 0) is 0 Å². The quantitative estimate of drug-likeness (QED) is 0.717. The van der Waals surface area contributed by atoms with Crippen LogP contribution in [0.1, 0.15) is 16.4 Å². The lowest BCUT2D eigenvalue weighted by Crippen LogP contribution is -1.94. The van der Waals surface area contributed by atoms with Gasteiger partial charge in [0.2, 0.25) is 0 Å². The third kappa shape index (κ3) is 2.41. The fraction of sp³-hybridized carbons (Fsp3) is 0.0588. The summed E-state index contributed by atoms with van der Waals surface area (Å²) in [6, 6.07) is 21.2. The Morgan fingerprint density at radius 2 is 1.44 bits per heavy atom. The van der Waals surface area contributed by atoms with Crippen molar-refractivity contribution in [3.63, 3.8) is 0 Å². The third-order valence-electron chi connectivity index (χ3n) is 3.04. The van der Waals surface area contributed by atoms with Crippen LogP contribution in [0.2, 0.25) is 0 Å². The molecule has 0 aliphatic carbocycles. The number of rotatable bonds is 2. The van der Waals surface area contributed by atoms with Crippen molar-refractivity contribution in [1.29, 1.82) is 0 Å². The van der Waals surface area contributed by atoms with Crippen molar-refractivity contribution in [1.82, 2.24) is 0 Å². The lowest BCUT2D eigenvalue weighted by atomic mass is 10.0. The van der Waals surface area contributed by atoms with Crippen molar-refractivity contribution in [3.8, 4) is 0 Å². The topological polar surface area (TPSA) is 0 Å². The Morgan fingerprint density at radius 1 is 0.778 bits per heavy atom. The third-order valence-corrected chi connectivity index (χ3v) is 4.03. The predicted octanol–water partition coefficient (Wildman–Crippen LogP) is 5.07. The van der Waals surface area contributed by atoms with E-state index in [0.29, 0.717) is 5.25 Å². The zero-order chi connectivity index (χ0) is 12.2. The Hall–Kier alpha value is -1.73. The van der Waals surface area contributed by atoms with Gasteiger partial charge in [0.15, 0.2) is 0 Å². The summed E-state index contributed by atoms with van der Waals surface area (Å²) >= 11 is 1.86. The molecule has 0 amide bonds. The number of allylic oxidation sites excluding steroid dienone is 2. The van der Waals surface area contributed by atoms with Gasteiger partial charge in [-0.05, 0) is 28.2 Å². The maximum atomic E-state index is 2.34. The van der Waals surface area contributed by atoms with Gasteiger partial charge in [-0.15, -0.1) is 11.8 Å². The van der Waals surface area contributed by atoms with E-state index in [1.165, 1.54) is 16.7 Å². The van der Waals surface area contributed by atoms with Crippen LogP contribution in [0.3, 0.4) is 0 Å². The van der Waals surface area contributed by atoms with Gasteiger partial charge in [0.25, 0.3) is 0 Å². The minimum atomic E-state index is 0.423. The first-order chi connectivity index (χ1) is 8.93. The number of hydrogen-bond donors (Lipinski definition) is 0. The molecule has 1 aliphatic rings. The van der Waals surface area contributed by atoms with Crippen LogP contribution in [0.4, 0.5) is 0 Å². The van der Waals surface area contributed by atoms with E-state index >= 15 is 0 Å². The second-order valence-electron chi connectivity index (χ2n) is 4.26. The molecule has 1 heterocycles. The molecule has 0 N–H and O–H groups in total. The van der Waals surface area contributed by atoms with Gasteiger partial charge in [0, 0.05) is 0 Å². The largest absolute Gasteiger partial charge is 0.122 e. The minimum Gasteiger partial charge on any atom is -0.122 e. The molecule has 0 fully saturated rings. The van der Waals surface area contributed by atoms with Crippen LogP contribution in [0.5, 0.6) is 0 Å². The zero-order valence-corrected chi connectivity index (χ0v) is 10.8. The first kappa shape index (κ1) is 11.4. The Balaban J connectivity index is 1.93.